The fourth-order valence-corrected chi connectivity index (χ4v) is 4.81. The summed E-state index contributed by atoms with van der Waals surface area (Å²) in [4.78, 5) is 0. The van der Waals surface area contributed by atoms with Crippen LogP contribution in [-0.4, -0.2) is 74.6 Å². The van der Waals surface area contributed by atoms with Crippen molar-refractivity contribution in [2.45, 2.75) is 83.2 Å². The van der Waals surface area contributed by atoms with Gasteiger partial charge in [-0.2, -0.15) is 0 Å². The lowest BCUT2D eigenvalue weighted by atomic mass is 9.98. The van der Waals surface area contributed by atoms with Gasteiger partial charge in [-0.25, -0.2) is 0 Å². The molecule has 0 spiro atoms. The number of hydrogen-bond acceptors (Lipinski definition) is 8. The van der Waals surface area contributed by atoms with E-state index in [0.29, 0.717) is 6.42 Å². The molecular formula is C30H40N2O7. The van der Waals surface area contributed by atoms with Crippen LogP contribution in [0.25, 0.3) is 11.3 Å². The highest BCUT2D eigenvalue weighted by atomic mass is 16.7. The highest BCUT2D eigenvalue weighted by Crippen LogP contribution is 2.37. The number of rotatable bonds is 11. The Morgan fingerprint density at radius 3 is 2.21 bits per heavy atom. The largest absolute Gasteiger partial charge is 0.497 e. The van der Waals surface area contributed by atoms with E-state index in [1.165, 1.54) is 5.56 Å². The SMILES string of the molecule is CCCCc1ccc(-c2c(Cc3ccc(OC)cc3)c(O[C@@H]3O[C@H](CO)[C@@H](O)[C@H](O)[C@H]3O)nn2C(C)C)cc1. The minimum Gasteiger partial charge on any atom is -0.497 e. The second-order valence-electron chi connectivity index (χ2n) is 10.3. The van der Waals surface area contributed by atoms with Crippen LogP contribution in [0.1, 0.15) is 56.3 Å². The minimum absolute atomic E-state index is 0.0125. The second-order valence-corrected chi connectivity index (χ2v) is 10.3. The highest BCUT2D eigenvalue weighted by molar-refractivity contribution is 5.67. The van der Waals surface area contributed by atoms with Crippen LogP contribution in [0.15, 0.2) is 48.5 Å². The second kappa shape index (κ2) is 12.9. The van der Waals surface area contributed by atoms with Crippen molar-refractivity contribution in [3.63, 3.8) is 0 Å². The van der Waals surface area contributed by atoms with Crippen molar-refractivity contribution < 1.29 is 34.6 Å². The molecule has 0 saturated carbocycles. The molecule has 0 radical (unpaired) electrons. The topological polar surface area (TPSA) is 126 Å². The van der Waals surface area contributed by atoms with Gasteiger partial charge in [0, 0.05) is 23.6 Å². The molecule has 2 aromatic carbocycles. The van der Waals surface area contributed by atoms with Crippen LogP contribution in [0.5, 0.6) is 11.6 Å². The summed E-state index contributed by atoms with van der Waals surface area (Å²) in [7, 11) is 1.62. The van der Waals surface area contributed by atoms with Crippen LogP contribution >= 0.6 is 0 Å². The number of ether oxygens (including phenoxy) is 3. The van der Waals surface area contributed by atoms with Gasteiger partial charge in [0.1, 0.15) is 30.2 Å². The van der Waals surface area contributed by atoms with Crippen LogP contribution < -0.4 is 9.47 Å². The third-order valence-electron chi connectivity index (χ3n) is 7.12. The Kier molecular flexibility index (Phi) is 9.63. The molecule has 9 nitrogen and oxygen atoms in total. The zero-order valence-electron chi connectivity index (χ0n) is 23.0. The maximum absolute atomic E-state index is 10.6. The molecule has 3 aromatic rings. The number of unbranched alkanes of at least 4 members (excludes halogenated alkanes) is 1. The zero-order chi connectivity index (χ0) is 28.1. The van der Waals surface area contributed by atoms with Gasteiger partial charge in [0.15, 0.2) is 0 Å². The Balaban J connectivity index is 1.77. The Bertz CT molecular complexity index is 1190. The summed E-state index contributed by atoms with van der Waals surface area (Å²) in [5, 5.41) is 45.5. The summed E-state index contributed by atoms with van der Waals surface area (Å²) in [6, 6.07) is 16.2. The third kappa shape index (κ3) is 6.45. The van der Waals surface area contributed by atoms with Crippen LogP contribution in [0.4, 0.5) is 0 Å². The lowest BCUT2D eigenvalue weighted by molar-refractivity contribution is -0.278. The maximum atomic E-state index is 10.6. The Hall–Kier alpha value is -2.95. The van der Waals surface area contributed by atoms with Crippen molar-refractivity contribution >= 4 is 0 Å². The first-order chi connectivity index (χ1) is 18.8. The van der Waals surface area contributed by atoms with E-state index >= 15 is 0 Å². The van der Waals surface area contributed by atoms with E-state index in [9.17, 15) is 20.4 Å². The Morgan fingerprint density at radius 2 is 1.62 bits per heavy atom. The van der Waals surface area contributed by atoms with Crippen molar-refractivity contribution in [1.82, 2.24) is 9.78 Å². The fourth-order valence-electron chi connectivity index (χ4n) is 4.81. The summed E-state index contributed by atoms with van der Waals surface area (Å²) < 4.78 is 19.0. The predicted molar refractivity (Wildman–Crippen MR) is 147 cm³/mol. The van der Waals surface area contributed by atoms with Crippen LogP contribution in [0.2, 0.25) is 0 Å². The van der Waals surface area contributed by atoms with Gasteiger partial charge in [-0.1, -0.05) is 49.7 Å². The quantitative estimate of drug-likeness (QED) is 0.292. The Morgan fingerprint density at radius 1 is 0.949 bits per heavy atom. The number of nitrogens with zero attached hydrogens (tertiary/aromatic N) is 2. The molecule has 1 aliphatic heterocycles. The number of benzene rings is 2. The smallest absolute Gasteiger partial charge is 0.239 e. The number of aliphatic hydroxyl groups excluding tert-OH is 4. The van der Waals surface area contributed by atoms with E-state index in [1.54, 1.807) is 7.11 Å². The zero-order valence-corrected chi connectivity index (χ0v) is 23.0. The fraction of sp³-hybridized carbons (Fsp3) is 0.500. The van der Waals surface area contributed by atoms with E-state index in [0.717, 1.165) is 47.4 Å². The van der Waals surface area contributed by atoms with Gasteiger partial charge >= 0.3 is 0 Å². The Labute approximate surface area is 229 Å². The molecule has 1 saturated heterocycles. The molecule has 2 heterocycles. The van der Waals surface area contributed by atoms with Crippen molar-refractivity contribution in [3.05, 3.63) is 65.2 Å². The van der Waals surface area contributed by atoms with Crippen LogP contribution in [0.3, 0.4) is 0 Å². The number of methoxy groups -OCH3 is 1. The van der Waals surface area contributed by atoms with Crippen molar-refractivity contribution in [2.75, 3.05) is 13.7 Å². The van der Waals surface area contributed by atoms with Crippen LogP contribution in [0, 0.1) is 0 Å². The molecule has 0 aliphatic carbocycles. The molecule has 1 aromatic heterocycles. The molecular weight excluding hydrogens is 500 g/mol. The molecule has 1 fully saturated rings. The number of aryl methyl sites for hydroxylation is 1. The van der Waals surface area contributed by atoms with E-state index < -0.39 is 37.3 Å². The molecule has 0 amide bonds. The average Bonchev–Trinajstić information content (AvgIpc) is 3.30. The first kappa shape index (κ1) is 29.0. The predicted octanol–water partition coefficient (Wildman–Crippen LogP) is 3.25. The van der Waals surface area contributed by atoms with Gasteiger partial charge < -0.3 is 34.6 Å². The normalized spacial score (nSPS) is 23.3. The van der Waals surface area contributed by atoms with Crippen molar-refractivity contribution in [2.24, 2.45) is 0 Å². The minimum atomic E-state index is -1.55. The van der Waals surface area contributed by atoms with E-state index in [4.69, 9.17) is 19.3 Å². The molecule has 4 N–H and O–H groups in total. The molecule has 9 heteroatoms. The molecule has 1 aliphatic rings. The molecule has 0 bridgehead atoms. The average molecular weight is 541 g/mol. The van der Waals surface area contributed by atoms with E-state index in [1.807, 2.05) is 42.8 Å². The monoisotopic (exact) mass is 540 g/mol. The molecule has 212 valence electrons. The van der Waals surface area contributed by atoms with Gasteiger partial charge in [-0.05, 0) is 49.9 Å². The summed E-state index contributed by atoms with van der Waals surface area (Å²) in [6.07, 6.45) is -3.24. The van der Waals surface area contributed by atoms with Gasteiger partial charge in [-0.15, -0.1) is 5.10 Å². The molecule has 5 atom stereocenters. The number of aromatic nitrogens is 2. The first-order valence-electron chi connectivity index (χ1n) is 13.6. The maximum Gasteiger partial charge on any atom is 0.239 e. The van der Waals surface area contributed by atoms with Gasteiger partial charge in [0.25, 0.3) is 0 Å². The lowest BCUT2D eigenvalue weighted by Crippen LogP contribution is -2.60. The van der Waals surface area contributed by atoms with Gasteiger partial charge in [-0.3, -0.25) is 4.68 Å². The highest BCUT2D eigenvalue weighted by Gasteiger charge is 2.45. The van der Waals surface area contributed by atoms with Crippen molar-refractivity contribution in [1.29, 1.82) is 0 Å². The number of aliphatic hydroxyl groups is 4. The summed E-state index contributed by atoms with van der Waals surface area (Å²) in [6.45, 7) is 5.69. The van der Waals surface area contributed by atoms with E-state index in [2.05, 4.69) is 31.2 Å². The lowest BCUT2D eigenvalue weighted by Gasteiger charge is -2.39. The summed E-state index contributed by atoms with van der Waals surface area (Å²) in [5.41, 5.74) is 4.91. The van der Waals surface area contributed by atoms with E-state index in [-0.39, 0.29) is 11.9 Å². The first-order valence-corrected chi connectivity index (χ1v) is 13.6. The molecule has 39 heavy (non-hydrogen) atoms. The third-order valence-corrected chi connectivity index (χ3v) is 7.12. The van der Waals surface area contributed by atoms with Gasteiger partial charge in [0.2, 0.25) is 12.2 Å². The molecule has 0 unspecified atom stereocenters. The summed E-state index contributed by atoms with van der Waals surface area (Å²) >= 11 is 0. The standard InChI is InChI=1S/C30H40N2O7/c1-5-6-7-19-8-12-21(13-9-19)25-23(16-20-10-14-22(37-4)15-11-20)29(31-32(25)18(2)3)39-30-28(36)27(35)26(34)24(17-33)38-30/h8-15,18,24,26-28,30,33-36H,5-7,16-17H2,1-4H3/t24-,26-,27+,28-,30+/m1/s1. The number of hydrogen-bond donors (Lipinski definition) is 4. The molecule has 4 rings (SSSR count). The summed E-state index contributed by atoms with van der Waals surface area (Å²) in [5.74, 6) is 0.992. The van der Waals surface area contributed by atoms with Crippen LogP contribution in [-0.2, 0) is 17.6 Å². The van der Waals surface area contributed by atoms with Crippen molar-refractivity contribution in [3.8, 4) is 22.9 Å². The van der Waals surface area contributed by atoms with Gasteiger partial charge in [0.05, 0.1) is 19.4 Å².